The Bertz CT molecular complexity index is 622. The Morgan fingerprint density at radius 1 is 1.45 bits per heavy atom. The number of benzene rings is 1. The van der Waals surface area contributed by atoms with Gasteiger partial charge in [-0.15, -0.1) is 11.6 Å². The van der Waals surface area contributed by atoms with Crippen LogP contribution in [0.25, 0.3) is 11.0 Å². The highest BCUT2D eigenvalue weighted by atomic mass is 35.5. The number of nitrogens with zero attached hydrogens (tertiary/aromatic N) is 2. The molecule has 5 heteroatoms. The molecule has 0 radical (unpaired) electrons. The Hall–Kier alpha value is -1.13. The van der Waals surface area contributed by atoms with Crippen molar-refractivity contribution in [3.8, 4) is 0 Å². The van der Waals surface area contributed by atoms with Crippen LogP contribution >= 0.6 is 11.6 Å². The number of fused-ring (bicyclic) bond motifs is 1. The molecule has 1 aromatic carbocycles. The predicted molar refractivity (Wildman–Crippen MR) is 77.4 cm³/mol. The summed E-state index contributed by atoms with van der Waals surface area (Å²) >= 11 is 6.00. The Kier molecular flexibility index (Phi) is 3.69. The van der Waals surface area contributed by atoms with Gasteiger partial charge in [-0.1, -0.05) is 0 Å². The predicted octanol–water partition coefficient (Wildman–Crippen LogP) is 3.73. The zero-order chi connectivity index (χ0) is 14.2. The van der Waals surface area contributed by atoms with E-state index in [0.29, 0.717) is 5.88 Å². The number of halogens is 2. The first-order chi connectivity index (χ1) is 9.67. The molecular weight excluding hydrogens is 279 g/mol. The zero-order valence-corrected chi connectivity index (χ0v) is 12.3. The number of rotatable bonds is 6. The minimum atomic E-state index is -0.235. The van der Waals surface area contributed by atoms with Crippen molar-refractivity contribution in [1.29, 1.82) is 0 Å². The van der Waals surface area contributed by atoms with Crippen molar-refractivity contribution >= 4 is 22.6 Å². The molecule has 3 nitrogen and oxygen atoms in total. The smallest absolute Gasteiger partial charge is 0.125 e. The molecule has 0 aliphatic heterocycles. The summed E-state index contributed by atoms with van der Waals surface area (Å²) in [6.07, 6.45) is 3.40. The van der Waals surface area contributed by atoms with E-state index >= 15 is 0 Å². The van der Waals surface area contributed by atoms with Gasteiger partial charge in [0.2, 0.25) is 0 Å². The molecule has 0 N–H and O–H groups in total. The molecule has 1 heterocycles. The second-order valence-electron chi connectivity index (χ2n) is 5.62. The van der Waals surface area contributed by atoms with Crippen LogP contribution in [0.15, 0.2) is 18.2 Å². The van der Waals surface area contributed by atoms with E-state index < -0.39 is 0 Å². The van der Waals surface area contributed by atoms with Crippen molar-refractivity contribution in [3.05, 3.63) is 29.8 Å². The molecule has 0 amide bonds. The Morgan fingerprint density at radius 2 is 2.25 bits per heavy atom. The molecule has 108 valence electrons. The van der Waals surface area contributed by atoms with E-state index in [0.717, 1.165) is 36.4 Å². The molecule has 1 aromatic heterocycles. The van der Waals surface area contributed by atoms with E-state index in [-0.39, 0.29) is 11.2 Å². The first kappa shape index (κ1) is 13.8. The van der Waals surface area contributed by atoms with Crippen LogP contribution < -0.4 is 0 Å². The molecule has 0 atom stereocenters. The summed E-state index contributed by atoms with van der Waals surface area (Å²) in [5, 5.41) is 0. The molecule has 1 aliphatic carbocycles. The highest BCUT2D eigenvalue weighted by molar-refractivity contribution is 6.16. The van der Waals surface area contributed by atoms with Gasteiger partial charge in [-0.2, -0.15) is 0 Å². The summed E-state index contributed by atoms with van der Waals surface area (Å²) < 4.78 is 20.8. The van der Waals surface area contributed by atoms with Gasteiger partial charge in [-0.05, 0) is 42.9 Å². The second-order valence-corrected chi connectivity index (χ2v) is 5.89. The van der Waals surface area contributed by atoms with Gasteiger partial charge in [0, 0.05) is 20.3 Å². The second kappa shape index (κ2) is 5.34. The average molecular weight is 297 g/mol. The lowest BCUT2D eigenvalue weighted by Crippen LogP contribution is -2.15. The highest BCUT2D eigenvalue weighted by Crippen LogP contribution is 2.50. The maximum absolute atomic E-state index is 13.5. The maximum Gasteiger partial charge on any atom is 0.125 e. The number of ether oxygens (including phenoxy) is 1. The van der Waals surface area contributed by atoms with Gasteiger partial charge in [0.1, 0.15) is 11.6 Å². The van der Waals surface area contributed by atoms with Crippen molar-refractivity contribution < 1.29 is 9.13 Å². The first-order valence-electron chi connectivity index (χ1n) is 6.87. The summed E-state index contributed by atoms with van der Waals surface area (Å²) in [6.45, 7) is 1.61. The third kappa shape index (κ3) is 2.54. The fourth-order valence-corrected chi connectivity index (χ4v) is 2.95. The summed E-state index contributed by atoms with van der Waals surface area (Å²) in [4.78, 5) is 4.50. The van der Waals surface area contributed by atoms with E-state index in [1.807, 2.05) is 0 Å². The molecule has 0 saturated heterocycles. The van der Waals surface area contributed by atoms with Crippen LogP contribution in [0.1, 0.15) is 25.1 Å². The molecule has 1 saturated carbocycles. The van der Waals surface area contributed by atoms with Crippen LogP contribution in [0.3, 0.4) is 0 Å². The maximum atomic E-state index is 13.5. The summed E-state index contributed by atoms with van der Waals surface area (Å²) in [5.41, 5.74) is 1.92. The van der Waals surface area contributed by atoms with Crippen LogP contribution in [0.4, 0.5) is 4.39 Å². The molecule has 2 aromatic rings. The van der Waals surface area contributed by atoms with Crippen molar-refractivity contribution in [1.82, 2.24) is 9.55 Å². The number of imidazole rings is 1. The SMILES string of the molecule is COCCC1(Cn2c(CCl)nc3ccc(F)cc32)CC1. The van der Waals surface area contributed by atoms with Crippen molar-refractivity contribution in [3.63, 3.8) is 0 Å². The van der Waals surface area contributed by atoms with Crippen molar-refractivity contribution in [2.24, 2.45) is 5.41 Å². The molecule has 1 fully saturated rings. The van der Waals surface area contributed by atoms with Crippen LogP contribution in [0, 0.1) is 11.2 Å². The fourth-order valence-electron chi connectivity index (χ4n) is 2.74. The Morgan fingerprint density at radius 3 is 2.90 bits per heavy atom. The van der Waals surface area contributed by atoms with Gasteiger partial charge in [0.05, 0.1) is 16.9 Å². The van der Waals surface area contributed by atoms with Crippen molar-refractivity contribution in [2.45, 2.75) is 31.7 Å². The standard InChI is InChI=1S/C15H18ClFN2O/c1-20-7-6-15(4-5-15)10-19-13-8-11(17)2-3-12(13)18-14(19)9-16/h2-3,8H,4-7,9-10H2,1H3. The van der Waals surface area contributed by atoms with E-state index in [9.17, 15) is 4.39 Å². The molecule has 0 unspecified atom stereocenters. The lowest BCUT2D eigenvalue weighted by atomic mass is 10.0. The van der Waals surface area contributed by atoms with E-state index in [1.54, 1.807) is 19.2 Å². The monoisotopic (exact) mass is 296 g/mol. The molecule has 0 bridgehead atoms. The molecule has 20 heavy (non-hydrogen) atoms. The topological polar surface area (TPSA) is 27.1 Å². The summed E-state index contributed by atoms with van der Waals surface area (Å²) in [5.74, 6) is 0.925. The van der Waals surface area contributed by atoms with Gasteiger partial charge in [0.25, 0.3) is 0 Å². The van der Waals surface area contributed by atoms with Crippen LogP contribution in [-0.2, 0) is 17.2 Å². The van der Waals surface area contributed by atoms with Crippen LogP contribution in [-0.4, -0.2) is 23.3 Å². The number of hydrogen-bond donors (Lipinski definition) is 0. The van der Waals surface area contributed by atoms with Crippen LogP contribution in [0.2, 0.25) is 0 Å². The lowest BCUT2D eigenvalue weighted by Gasteiger charge is -2.17. The van der Waals surface area contributed by atoms with Gasteiger partial charge in [-0.3, -0.25) is 0 Å². The molecule has 1 aliphatic rings. The number of aromatic nitrogens is 2. The molecule has 3 rings (SSSR count). The minimum absolute atomic E-state index is 0.235. The third-order valence-corrected chi connectivity index (χ3v) is 4.44. The molecule has 0 spiro atoms. The minimum Gasteiger partial charge on any atom is -0.385 e. The fraction of sp³-hybridized carbons (Fsp3) is 0.533. The Labute approximate surface area is 122 Å². The number of methoxy groups -OCH3 is 1. The van der Waals surface area contributed by atoms with Gasteiger partial charge < -0.3 is 9.30 Å². The van der Waals surface area contributed by atoms with Gasteiger partial charge in [0.15, 0.2) is 0 Å². The highest BCUT2D eigenvalue weighted by Gasteiger charge is 2.42. The summed E-state index contributed by atoms with van der Waals surface area (Å²) in [6, 6.07) is 4.70. The van der Waals surface area contributed by atoms with Gasteiger partial charge in [-0.25, -0.2) is 9.37 Å². The largest absolute Gasteiger partial charge is 0.385 e. The normalized spacial score (nSPS) is 16.8. The summed E-state index contributed by atoms with van der Waals surface area (Å²) in [7, 11) is 1.72. The quantitative estimate of drug-likeness (QED) is 0.760. The Balaban J connectivity index is 1.95. The molecular formula is C15H18ClFN2O. The average Bonchev–Trinajstić information content (AvgIpc) is 3.14. The van der Waals surface area contributed by atoms with Crippen molar-refractivity contribution in [2.75, 3.05) is 13.7 Å². The zero-order valence-electron chi connectivity index (χ0n) is 11.5. The number of hydrogen-bond acceptors (Lipinski definition) is 2. The third-order valence-electron chi connectivity index (χ3n) is 4.20. The number of alkyl halides is 1. The lowest BCUT2D eigenvalue weighted by molar-refractivity contribution is 0.167. The van der Waals surface area contributed by atoms with E-state index in [1.165, 1.54) is 18.9 Å². The van der Waals surface area contributed by atoms with E-state index in [4.69, 9.17) is 16.3 Å². The first-order valence-corrected chi connectivity index (χ1v) is 7.40. The van der Waals surface area contributed by atoms with Crippen LogP contribution in [0.5, 0.6) is 0 Å². The van der Waals surface area contributed by atoms with E-state index in [2.05, 4.69) is 9.55 Å². The van der Waals surface area contributed by atoms with Gasteiger partial charge >= 0.3 is 0 Å².